The molecular weight excluding hydrogens is 684 g/mol. The Morgan fingerprint density at radius 2 is 1.80 bits per heavy atom. The Morgan fingerprint density at radius 3 is 2.48 bits per heavy atom. The van der Waals surface area contributed by atoms with E-state index < -0.39 is 16.6 Å². The molecule has 2 unspecified atom stereocenters. The summed E-state index contributed by atoms with van der Waals surface area (Å²) < 4.78 is 16.9. The highest BCUT2D eigenvalue weighted by Crippen LogP contribution is 2.53. The van der Waals surface area contributed by atoms with Crippen molar-refractivity contribution in [3.8, 4) is 11.3 Å². The molecule has 2 N–H and O–H groups in total. The van der Waals surface area contributed by atoms with E-state index in [1.54, 1.807) is 32.4 Å². The van der Waals surface area contributed by atoms with Gasteiger partial charge in [0.05, 0.1) is 46.9 Å². The van der Waals surface area contributed by atoms with Gasteiger partial charge in [-0.1, -0.05) is 12.1 Å². The minimum absolute atomic E-state index is 0.0764. The number of hydrogen-bond donors (Lipinski definition) is 2. The standard InChI is InChI=1S/C42H51FN8O3/c1-25(2)50-24-45-35-19-34(47-38(37(35)50)46-33-9-12-44-20-32(33)43)28-7-8-31-36(16-28)51(30-17-29(18-30)49-21-26-5-6-27(15-26)22-49)40(54)42(31)10-13-48(14-11-42)39(53)41(3,4)23-52/h7-9,12,16,19-20,24-27,29-30,52H,5-6,10-11,13-15,17-18,21-23H2,1-4H3,(H,44,46,47). The molecule has 2 saturated carbocycles. The maximum absolute atomic E-state index is 15.0. The van der Waals surface area contributed by atoms with Crippen LogP contribution in [0.25, 0.3) is 22.3 Å². The van der Waals surface area contributed by atoms with Crippen molar-refractivity contribution in [1.82, 2.24) is 29.3 Å². The summed E-state index contributed by atoms with van der Waals surface area (Å²) in [4.78, 5) is 48.7. The second-order valence-corrected chi connectivity index (χ2v) is 17.6. The number of amides is 2. The van der Waals surface area contributed by atoms with Gasteiger partial charge in [0.15, 0.2) is 11.6 Å². The monoisotopic (exact) mass is 734 g/mol. The third kappa shape index (κ3) is 5.70. The van der Waals surface area contributed by atoms with Crippen LogP contribution in [0.4, 0.5) is 21.6 Å². The van der Waals surface area contributed by atoms with E-state index in [1.165, 1.54) is 38.5 Å². The van der Waals surface area contributed by atoms with Gasteiger partial charge in [0.2, 0.25) is 11.8 Å². The Labute approximate surface area is 316 Å². The number of benzene rings is 1. The van der Waals surface area contributed by atoms with Crippen LogP contribution in [0.3, 0.4) is 0 Å². The van der Waals surface area contributed by atoms with E-state index >= 15 is 0 Å². The first-order valence-electron chi connectivity index (χ1n) is 19.8. The van der Waals surface area contributed by atoms with Crippen LogP contribution in [0.5, 0.6) is 0 Å². The molecule has 5 aliphatic rings. The number of pyridine rings is 2. The summed E-state index contributed by atoms with van der Waals surface area (Å²) in [6.07, 6.45) is 11.6. The molecule has 3 aromatic heterocycles. The highest BCUT2D eigenvalue weighted by molar-refractivity contribution is 6.09. The van der Waals surface area contributed by atoms with Crippen molar-refractivity contribution in [1.29, 1.82) is 0 Å². The molecular formula is C42H51FN8O3. The number of fused-ring (bicyclic) bond motifs is 5. The molecule has 1 spiro atoms. The average Bonchev–Trinajstić information content (AvgIpc) is 3.81. The molecule has 2 atom stereocenters. The van der Waals surface area contributed by atoms with Crippen LogP contribution in [-0.4, -0.2) is 91.1 Å². The highest BCUT2D eigenvalue weighted by atomic mass is 19.1. The van der Waals surface area contributed by atoms with Crippen molar-refractivity contribution < 1.29 is 19.1 Å². The molecule has 2 amide bonds. The van der Waals surface area contributed by atoms with Crippen LogP contribution in [0.2, 0.25) is 0 Å². The predicted octanol–water partition coefficient (Wildman–Crippen LogP) is 6.45. The molecule has 6 heterocycles. The number of likely N-dealkylation sites (tertiary alicyclic amines) is 2. The lowest BCUT2D eigenvalue weighted by atomic mass is 9.73. The number of aliphatic hydroxyl groups excluding tert-OH is 1. The molecule has 3 aliphatic heterocycles. The molecule has 284 valence electrons. The largest absolute Gasteiger partial charge is 0.395 e. The molecule has 0 radical (unpaired) electrons. The molecule has 2 saturated heterocycles. The van der Waals surface area contributed by atoms with Gasteiger partial charge >= 0.3 is 0 Å². The van der Waals surface area contributed by atoms with E-state index in [0.29, 0.717) is 43.5 Å². The Balaban J connectivity index is 1.08. The van der Waals surface area contributed by atoms with E-state index in [1.807, 2.05) is 21.6 Å². The topological polar surface area (TPSA) is 120 Å². The van der Waals surface area contributed by atoms with Crippen molar-refractivity contribution in [3.63, 3.8) is 0 Å². The first-order valence-corrected chi connectivity index (χ1v) is 19.8. The number of nitrogens with one attached hydrogen (secondary N) is 1. The van der Waals surface area contributed by atoms with Crippen molar-refractivity contribution in [2.45, 2.75) is 96.2 Å². The summed E-state index contributed by atoms with van der Waals surface area (Å²) >= 11 is 0. The number of nitrogens with zero attached hydrogens (tertiary/aromatic N) is 7. The van der Waals surface area contributed by atoms with Crippen LogP contribution in [0.15, 0.2) is 49.1 Å². The van der Waals surface area contributed by atoms with Crippen molar-refractivity contribution in [3.05, 3.63) is 60.4 Å². The fraction of sp³-hybridized carbons (Fsp3) is 0.548. The van der Waals surface area contributed by atoms with Gasteiger partial charge in [0, 0.05) is 61.8 Å². The van der Waals surface area contributed by atoms with Crippen molar-refractivity contribution in [2.75, 3.05) is 43.0 Å². The smallest absolute Gasteiger partial charge is 0.238 e. The van der Waals surface area contributed by atoms with Gasteiger partial charge in [-0.15, -0.1) is 0 Å². The minimum Gasteiger partial charge on any atom is -0.395 e. The Morgan fingerprint density at radius 1 is 1.06 bits per heavy atom. The first kappa shape index (κ1) is 35.3. The number of carbonyl (C=O) groups is 2. The zero-order valence-electron chi connectivity index (χ0n) is 31.8. The number of aliphatic hydroxyl groups is 1. The molecule has 9 rings (SSSR count). The number of piperidine rings is 2. The SMILES string of the molecule is CC(C)n1cnc2cc(-c3ccc4c(c3)N(C3CC(N5CC6CCC(C6)C5)C3)C(=O)C43CCN(C(=O)C(C)(C)CO)CC3)nc(Nc3ccncc3F)c21. The summed E-state index contributed by atoms with van der Waals surface area (Å²) in [7, 11) is 0. The van der Waals surface area contributed by atoms with Gasteiger partial charge in [-0.05, 0) is 108 Å². The second-order valence-electron chi connectivity index (χ2n) is 17.6. The number of carbonyl (C=O) groups excluding carboxylic acids is 2. The van der Waals surface area contributed by atoms with Gasteiger partial charge in [-0.2, -0.15) is 0 Å². The molecule has 2 bridgehead atoms. The van der Waals surface area contributed by atoms with Gasteiger partial charge in [0.1, 0.15) is 5.52 Å². The molecule has 4 aromatic rings. The normalized spacial score (nSPS) is 25.1. The summed E-state index contributed by atoms with van der Waals surface area (Å²) in [5.74, 6) is 1.71. The zero-order chi connectivity index (χ0) is 37.5. The van der Waals surface area contributed by atoms with Crippen molar-refractivity contribution >= 4 is 40.0 Å². The Kier molecular flexibility index (Phi) is 8.57. The second kappa shape index (κ2) is 13.1. The summed E-state index contributed by atoms with van der Waals surface area (Å²) in [5, 5.41) is 13.1. The molecule has 2 aliphatic carbocycles. The molecule has 1 aromatic carbocycles. The number of imidazole rings is 1. The highest BCUT2D eigenvalue weighted by Gasteiger charge is 2.56. The van der Waals surface area contributed by atoms with E-state index in [4.69, 9.17) is 9.97 Å². The molecule has 12 heteroatoms. The van der Waals surface area contributed by atoms with Gasteiger partial charge in [-0.25, -0.2) is 14.4 Å². The number of halogens is 1. The lowest BCUT2D eigenvalue weighted by Gasteiger charge is -2.49. The molecule has 11 nitrogen and oxygen atoms in total. The maximum Gasteiger partial charge on any atom is 0.238 e. The average molecular weight is 735 g/mol. The number of rotatable bonds is 8. The summed E-state index contributed by atoms with van der Waals surface area (Å²) in [6.45, 7) is 10.8. The van der Waals surface area contributed by atoms with Crippen LogP contribution in [0, 0.1) is 23.1 Å². The number of anilines is 3. The lowest BCUT2D eigenvalue weighted by Crippen LogP contribution is -2.59. The van der Waals surface area contributed by atoms with Gasteiger partial charge < -0.3 is 24.8 Å². The third-order valence-corrected chi connectivity index (χ3v) is 13.3. The predicted molar refractivity (Wildman–Crippen MR) is 206 cm³/mol. The quantitative estimate of drug-likeness (QED) is 0.212. The van der Waals surface area contributed by atoms with Gasteiger partial charge in [0.25, 0.3) is 0 Å². The van der Waals surface area contributed by atoms with Crippen LogP contribution < -0.4 is 10.2 Å². The van der Waals surface area contributed by atoms with Gasteiger partial charge in [-0.3, -0.25) is 19.5 Å². The molecule has 54 heavy (non-hydrogen) atoms. The van der Waals surface area contributed by atoms with Crippen LogP contribution in [-0.2, 0) is 15.0 Å². The Bertz CT molecular complexity index is 2110. The Hall–Kier alpha value is -4.42. The minimum atomic E-state index is -0.867. The fourth-order valence-corrected chi connectivity index (χ4v) is 10.1. The first-order chi connectivity index (χ1) is 26.0. The number of hydrogen-bond acceptors (Lipinski definition) is 8. The fourth-order valence-electron chi connectivity index (χ4n) is 10.1. The van der Waals surface area contributed by atoms with Crippen LogP contribution in [0.1, 0.15) is 84.2 Å². The summed E-state index contributed by atoms with van der Waals surface area (Å²) in [5.41, 5.74) is 3.67. The van der Waals surface area contributed by atoms with E-state index in [-0.39, 0.29) is 36.2 Å². The van der Waals surface area contributed by atoms with E-state index in [2.05, 4.69) is 46.1 Å². The summed E-state index contributed by atoms with van der Waals surface area (Å²) in [6, 6.07) is 10.5. The number of aromatic nitrogens is 4. The lowest BCUT2D eigenvalue weighted by molar-refractivity contribution is -0.145. The molecule has 4 fully saturated rings. The van der Waals surface area contributed by atoms with Crippen LogP contribution >= 0.6 is 0 Å². The maximum atomic E-state index is 15.0. The van der Waals surface area contributed by atoms with E-state index in [9.17, 15) is 19.1 Å². The third-order valence-electron chi connectivity index (χ3n) is 13.3. The van der Waals surface area contributed by atoms with E-state index in [0.717, 1.165) is 52.5 Å². The van der Waals surface area contributed by atoms with Crippen molar-refractivity contribution in [2.24, 2.45) is 17.3 Å². The zero-order valence-corrected chi connectivity index (χ0v) is 31.8.